The molecule has 0 heterocycles. The fourth-order valence-corrected chi connectivity index (χ4v) is 2.77. The molecule has 0 bridgehead atoms. The maximum Gasteiger partial charge on any atom is 0.238 e. The molecule has 0 spiro atoms. The minimum atomic E-state index is -0.207. The summed E-state index contributed by atoms with van der Waals surface area (Å²) in [4.78, 5) is 25.9. The Labute approximate surface area is 160 Å². The molecule has 2 aromatic rings. The first-order chi connectivity index (χ1) is 11.8. The van der Waals surface area contributed by atoms with Crippen LogP contribution in [0.2, 0.25) is 5.02 Å². The van der Waals surface area contributed by atoms with E-state index in [1.54, 1.807) is 30.1 Å². The van der Waals surface area contributed by atoms with Crippen LogP contribution >= 0.6 is 27.5 Å². The molecule has 0 aliphatic rings. The van der Waals surface area contributed by atoms with Gasteiger partial charge in [-0.25, -0.2) is 0 Å². The molecule has 0 aliphatic carbocycles. The third kappa shape index (κ3) is 6.16. The van der Waals surface area contributed by atoms with E-state index in [0.29, 0.717) is 16.4 Å². The average molecular weight is 425 g/mol. The molecule has 25 heavy (non-hydrogen) atoms. The Morgan fingerprint density at radius 1 is 1.04 bits per heavy atom. The van der Waals surface area contributed by atoms with Gasteiger partial charge in [0.2, 0.25) is 11.8 Å². The molecule has 2 aromatic carbocycles. The summed E-state index contributed by atoms with van der Waals surface area (Å²) in [5.41, 5.74) is 2.29. The zero-order chi connectivity index (χ0) is 18.4. The molecule has 0 unspecified atom stereocenters. The number of halogens is 2. The van der Waals surface area contributed by atoms with Crippen LogP contribution in [0, 0.1) is 6.92 Å². The minimum Gasteiger partial charge on any atom is -0.325 e. The van der Waals surface area contributed by atoms with Gasteiger partial charge in [0.25, 0.3) is 0 Å². The van der Waals surface area contributed by atoms with Crippen molar-refractivity contribution >= 4 is 50.7 Å². The summed E-state index contributed by atoms with van der Waals surface area (Å²) in [6.07, 6.45) is 0. The second kappa shape index (κ2) is 8.99. The number of rotatable bonds is 6. The quantitative estimate of drug-likeness (QED) is 0.739. The molecule has 5 nitrogen and oxygen atoms in total. The number of anilines is 2. The number of carbonyl (C=O) groups is 2. The van der Waals surface area contributed by atoms with E-state index in [2.05, 4.69) is 26.6 Å². The van der Waals surface area contributed by atoms with Crippen LogP contribution in [-0.2, 0) is 9.59 Å². The van der Waals surface area contributed by atoms with Crippen LogP contribution in [0.1, 0.15) is 5.56 Å². The second-order valence-corrected chi connectivity index (χ2v) is 7.00. The zero-order valence-corrected chi connectivity index (χ0v) is 16.3. The van der Waals surface area contributed by atoms with E-state index in [1.807, 2.05) is 31.2 Å². The summed E-state index contributed by atoms with van der Waals surface area (Å²) in [7, 11) is 1.71. The predicted molar refractivity (Wildman–Crippen MR) is 105 cm³/mol. The summed E-state index contributed by atoms with van der Waals surface area (Å²) in [5, 5.41) is 6.17. The maximum atomic E-state index is 12.1. The molecule has 2 N–H and O–H groups in total. The van der Waals surface area contributed by atoms with Gasteiger partial charge in [0.15, 0.2) is 0 Å². The van der Waals surface area contributed by atoms with Crippen LogP contribution in [-0.4, -0.2) is 36.9 Å². The van der Waals surface area contributed by atoms with Gasteiger partial charge in [-0.05, 0) is 59.7 Å². The SMILES string of the molecule is Cc1ccc(Cl)cc1NC(=O)CN(C)CC(=O)Nc1ccccc1Br. The number of para-hydroxylation sites is 1. The third-order valence-electron chi connectivity index (χ3n) is 3.45. The van der Waals surface area contributed by atoms with E-state index in [0.717, 1.165) is 10.0 Å². The highest BCUT2D eigenvalue weighted by Crippen LogP contribution is 2.21. The smallest absolute Gasteiger partial charge is 0.238 e. The zero-order valence-electron chi connectivity index (χ0n) is 14.0. The van der Waals surface area contributed by atoms with Gasteiger partial charge in [0.1, 0.15) is 0 Å². The third-order valence-corrected chi connectivity index (χ3v) is 4.38. The lowest BCUT2D eigenvalue weighted by Gasteiger charge is -2.17. The van der Waals surface area contributed by atoms with Gasteiger partial charge in [-0.15, -0.1) is 0 Å². The molecule has 0 radical (unpaired) electrons. The summed E-state index contributed by atoms with van der Waals surface area (Å²) in [6.45, 7) is 2.08. The lowest BCUT2D eigenvalue weighted by Crippen LogP contribution is -2.36. The van der Waals surface area contributed by atoms with E-state index in [1.165, 1.54) is 0 Å². The van der Waals surface area contributed by atoms with Crippen molar-refractivity contribution in [1.29, 1.82) is 0 Å². The van der Waals surface area contributed by atoms with Crippen molar-refractivity contribution in [2.75, 3.05) is 30.8 Å². The lowest BCUT2D eigenvalue weighted by atomic mass is 10.2. The van der Waals surface area contributed by atoms with Crippen molar-refractivity contribution in [2.45, 2.75) is 6.92 Å². The minimum absolute atomic E-state index is 0.0926. The normalized spacial score (nSPS) is 10.6. The number of benzene rings is 2. The monoisotopic (exact) mass is 423 g/mol. The van der Waals surface area contributed by atoms with Gasteiger partial charge in [-0.3, -0.25) is 14.5 Å². The number of nitrogens with one attached hydrogen (secondary N) is 2. The Kier molecular flexibility index (Phi) is 6.99. The van der Waals surface area contributed by atoms with Crippen molar-refractivity contribution < 1.29 is 9.59 Å². The molecular weight excluding hydrogens is 406 g/mol. The van der Waals surface area contributed by atoms with E-state index in [4.69, 9.17) is 11.6 Å². The number of nitrogens with zero attached hydrogens (tertiary/aromatic N) is 1. The molecule has 2 rings (SSSR count). The van der Waals surface area contributed by atoms with Crippen molar-refractivity contribution in [1.82, 2.24) is 4.90 Å². The number of carbonyl (C=O) groups excluding carboxylic acids is 2. The largest absolute Gasteiger partial charge is 0.325 e. The van der Waals surface area contributed by atoms with E-state index in [9.17, 15) is 9.59 Å². The molecule has 2 amide bonds. The molecule has 0 saturated heterocycles. The highest BCUT2D eigenvalue weighted by atomic mass is 79.9. The van der Waals surface area contributed by atoms with Gasteiger partial charge in [0.05, 0.1) is 18.8 Å². The molecule has 0 aromatic heterocycles. The second-order valence-electron chi connectivity index (χ2n) is 5.71. The number of hydrogen-bond donors (Lipinski definition) is 2. The van der Waals surface area contributed by atoms with Crippen LogP contribution in [0.15, 0.2) is 46.9 Å². The summed E-state index contributed by atoms with van der Waals surface area (Å²) < 4.78 is 0.806. The molecular formula is C18H19BrClN3O2. The van der Waals surface area contributed by atoms with Crippen LogP contribution in [0.5, 0.6) is 0 Å². The Bertz CT molecular complexity index is 783. The Hall–Kier alpha value is -1.89. The summed E-state index contributed by atoms with van der Waals surface area (Å²) >= 11 is 9.32. The van der Waals surface area contributed by atoms with Gasteiger partial charge in [0, 0.05) is 15.2 Å². The van der Waals surface area contributed by atoms with E-state index < -0.39 is 0 Å². The summed E-state index contributed by atoms with van der Waals surface area (Å²) in [6, 6.07) is 12.7. The van der Waals surface area contributed by atoms with Crippen molar-refractivity contribution in [3.8, 4) is 0 Å². The molecule has 0 fully saturated rings. The van der Waals surface area contributed by atoms with Gasteiger partial charge >= 0.3 is 0 Å². The number of aryl methyl sites for hydroxylation is 1. The molecule has 0 aliphatic heterocycles. The standard InChI is InChI=1S/C18H19BrClN3O2/c1-12-7-8-13(20)9-16(12)22-18(25)11-23(2)10-17(24)21-15-6-4-3-5-14(15)19/h3-9H,10-11H2,1-2H3,(H,21,24)(H,22,25). The first-order valence-electron chi connectivity index (χ1n) is 7.64. The maximum absolute atomic E-state index is 12.1. The number of likely N-dealkylation sites (N-methyl/N-ethyl adjacent to an activating group) is 1. The Balaban J connectivity index is 1.85. The first-order valence-corrected chi connectivity index (χ1v) is 8.81. The van der Waals surface area contributed by atoms with E-state index in [-0.39, 0.29) is 24.9 Å². The fourth-order valence-electron chi connectivity index (χ4n) is 2.22. The topological polar surface area (TPSA) is 61.4 Å². The van der Waals surface area contributed by atoms with Crippen LogP contribution in [0.3, 0.4) is 0 Å². The highest BCUT2D eigenvalue weighted by molar-refractivity contribution is 9.10. The van der Waals surface area contributed by atoms with Gasteiger partial charge in [-0.1, -0.05) is 29.8 Å². The van der Waals surface area contributed by atoms with Crippen LogP contribution < -0.4 is 10.6 Å². The molecule has 0 atom stereocenters. The Morgan fingerprint density at radius 2 is 1.64 bits per heavy atom. The van der Waals surface area contributed by atoms with Crippen molar-refractivity contribution in [2.24, 2.45) is 0 Å². The van der Waals surface area contributed by atoms with Gasteiger partial charge in [-0.2, -0.15) is 0 Å². The molecule has 132 valence electrons. The van der Waals surface area contributed by atoms with Gasteiger partial charge < -0.3 is 10.6 Å². The van der Waals surface area contributed by atoms with Crippen molar-refractivity contribution in [3.05, 3.63) is 57.5 Å². The van der Waals surface area contributed by atoms with Crippen LogP contribution in [0.25, 0.3) is 0 Å². The summed E-state index contributed by atoms with van der Waals surface area (Å²) in [5.74, 6) is -0.400. The van der Waals surface area contributed by atoms with Crippen LogP contribution in [0.4, 0.5) is 11.4 Å². The van der Waals surface area contributed by atoms with Crippen molar-refractivity contribution in [3.63, 3.8) is 0 Å². The number of hydrogen-bond acceptors (Lipinski definition) is 3. The fraction of sp³-hybridized carbons (Fsp3) is 0.222. The molecule has 7 heteroatoms. The highest BCUT2D eigenvalue weighted by Gasteiger charge is 2.13. The molecule has 0 saturated carbocycles. The first kappa shape index (κ1) is 19.4. The lowest BCUT2D eigenvalue weighted by molar-refractivity contribution is -0.119. The Morgan fingerprint density at radius 3 is 2.28 bits per heavy atom. The average Bonchev–Trinajstić information content (AvgIpc) is 2.52. The number of amides is 2. The predicted octanol–water partition coefficient (Wildman–Crippen LogP) is 3.92. The van der Waals surface area contributed by atoms with E-state index >= 15 is 0 Å².